The predicted octanol–water partition coefficient (Wildman–Crippen LogP) is 3.26. The first-order valence-electron chi connectivity index (χ1n) is 12.8. The third kappa shape index (κ3) is 4.01. The molecular formula is C28H31N3O4. The van der Waals surface area contributed by atoms with E-state index < -0.39 is 0 Å². The highest BCUT2D eigenvalue weighted by Gasteiger charge is 2.41. The van der Waals surface area contributed by atoms with E-state index in [-0.39, 0.29) is 29.7 Å². The number of hydrogen-bond acceptors (Lipinski definition) is 5. The SMILES string of the molecule is O=C([C@@H]1CCCN(c2cccc3c2C(=O)N(C[C@@H]2CCCO2)C3=O)C1)N1CCc2ccccc2C1. The summed E-state index contributed by atoms with van der Waals surface area (Å²) in [4.78, 5) is 45.4. The summed E-state index contributed by atoms with van der Waals surface area (Å²) in [6, 6.07) is 13.9. The van der Waals surface area contributed by atoms with Crippen LogP contribution in [-0.2, 0) is 22.5 Å². The lowest BCUT2D eigenvalue weighted by Crippen LogP contribution is -2.46. The summed E-state index contributed by atoms with van der Waals surface area (Å²) < 4.78 is 5.68. The number of ether oxygens (including phenoxy) is 1. The van der Waals surface area contributed by atoms with E-state index in [9.17, 15) is 14.4 Å². The van der Waals surface area contributed by atoms with Crippen LogP contribution in [-0.4, -0.2) is 66.4 Å². The van der Waals surface area contributed by atoms with Crippen LogP contribution in [0.3, 0.4) is 0 Å². The Balaban J connectivity index is 1.20. The number of nitrogens with zero attached hydrogens (tertiary/aromatic N) is 3. The van der Waals surface area contributed by atoms with Gasteiger partial charge in [0, 0.05) is 32.8 Å². The Morgan fingerprint density at radius 1 is 0.943 bits per heavy atom. The van der Waals surface area contributed by atoms with Crippen LogP contribution in [0.2, 0.25) is 0 Å². The van der Waals surface area contributed by atoms with Crippen LogP contribution in [0, 0.1) is 5.92 Å². The molecule has 2 aromatic rings. The first kappa shape index (κ1) is 22.3. The van der Waals surface area contributed by atoms with Gasteiger partial charge in [0.15, 0.2) is 0 Å². The number of amides is 3. The number of piperidine rings is 1. The molecule has 7 nitrogen and oxygen atoms in total. The molecule has 3 amide bonds. The van der Waals surface area contributed by atoms with Crippen molar-refractivity contribution in [1.29, 1.82) is 0 Å². The summed E-state index contributed by atoms with van der Waals surface area (Å²) in [6.07, 6.45) is 4.38. The summed E-state index contributed by atoms with van der Waals surface area (Å²) in [5.74, 6) is -0.393. The van der Waals surface area contributed by atoms with E-state index >= 15 is 0 Å². The molecule has 0 unspecified atom stereocenters. The first-order chi connectivity index (χ1) is 17.1. The van der Waals surface area contributed by atoms with Gasteiger partial charge in [-0.05, 0) is 55.4 Å². The summed E-state index contributed by atoms with van der Waals surface area (Å²) in [5, 5.41) is 0. The molecule has 0 saturated carbocycles. The normalized spacial score (nSPS) is 24.1. The van der Waals surface area contributed by atoms with Crippen LogP contribution in [0.5, 0.6) is 0 Å². The zero-order valence-electron chi connectivity index (χ0n) is 19.9. The molecule has 2 atom stereocenters. The number of fused-ring (bicyclic) bond motifs is 2. The Morgan fingerprint density at radius 2 is 1.80 bits per heavy atom. The second-order valence-electron chi connectivity index (χ2n) is 10.1. The summed E-state index contributed by atoms with van der Waals surface area (Å²) in [7, 11) is 0. The van der Waals surface area contributed by atoms with E-state index in [1.807, 2.05) is 23.1 Å². The average Bonchev–Trinajstić information content (AvgIpc) is 3.51. The predicted molar refractivity (Wildman–Crippen MR) is 131 cm³/mol. The number of benzene rings is 2. The van der Waals surface area contributed by atoms with Gasteiger partial charge < -0.3 is 14.5 Å². The second-order valence-corrected chi connectivity index (χ2v) is 10.1. The van der Waals surface area contributed by atoms with Gasteiger partial charge in [-0.1, -0.05) is 30.3 Å². The number of anilines is 1. The van der Waals surface area contributed by atoms with Crippen molar-refractivity contribution in [3.63, 3.8) is 0 Å². The Kier molecular flexibility index (Phi) is 5.80. The molecular weight excluding hydrogens is 442 g/mol. The van der Waals surface area contributed by atoms with Crippen LogP contribution < -0.4 is 4.90 Å². The molecule has 6 rings (SSSR count). The van der Waals surface area contributed by atoms with Crippen molar-refractivity contribution >= 4 is 23.4 Å². The van der Waals surface area contributed by atoms with E-state index in [0.29, 0.717) is 37.4 Å². The Hall–Kier alpha value is -3.19. The van der Waals surface area contributed by atoms with Gasteiger partial charge in [-0.15, -0.1) is 0 Å². The van der Waals surface area contributed by atoms with Crippen molar-refractivity contribution in [1.82, 2.24) is 9.80 Å². The van der Waals surface area contributed by atoms with Crippen molar-refractivity contribution in [2.24, 2.45) is 5.92 Å². The lowest BCUT2D eigenvalue weighted by Gasteiger charge is -2.38. The van der Waals surface area contributed by atoms with E-state index in [1.165, 1.54) is 16.0 Å². The van der Waals surface area contributed by atoms with E-state index in [0.717, 1.165) is 50.9 Å². The van der Waals surface area contributed by atoms with Crippen LogP contribution in [0.1, 0.15) is 57.5 Å². The van der Waals surface area contributed by atoms with Gasteiger partial charge in [-0.3, -0.25) is 19.3 Å². The largest absolute Gasteiger partial charge is 0.376 e. The molecule has 4 heterocycles. The maximum atomic E-state index is 13.5. The number of hydrogen-bond donors (Lipinski definition) is 0. The standard InChI is InChI=1S/C28H31N3O4/c32-26(30-14-12-19-6-1-2-7-20(19)16-30)21-8-4-13-29(17-21)24-11-3-10-23-25(24)28(34)31(27(23)33)18-22-9-5-15-35-22/h1-3,6-7,10-11,21-22H,4-5,8-9,12-18H2/t21-,22+/m1/s1. The van der Waals surface area contributed by atoms with Gasteiger partial charge in [0.25, 0.3) is 11.8 Å². The quantitative estimate of drug-likeness (QED) is 0.638. The van der Waals surface area contributed by atoms with Crippen molar-refractivity contribution in [3.8, 4) is 0 Å². The van der Waals surface area contributed by atoms with Gasteiger partial charge >= 0.3 is 0 Å². The number of carbonyl (C=O) groups excluding carboxylic acids is 3. The fourth-order valence-corrected chi connectivity index (χ4v) is 6.08. The summed E-state index contributed by atoms with van der Waals surface area (Å²) >= 11 is 0. The molecule has 0 aromatic heterocycles. The molecule has 0 spiro atoms. The van der Waals surface area contributed by atoms with Crippen LogP contribution >= 0.6 is 0 Å². The second kappa shape index (κ2) is 9.11. The van der Waals surface area contributed by atoms with E-state index in [2.05, 4.69) is 23.1 Å². The van der Waals surface area contributed by atoms with Gasteiger partial charge in [0.1, 0.15) is 0 Å². The summed E-state index contributed by atoms with van der Waals surface area (Å²) in [6.45, 7) is 3.75. The van der Waals surface area contributed by atoms with Crippen LogP contribution in [0.25, 0.3) is 0 Å². The van der Waals surface area contributed by atoms with Crippen molar-refractivity contribution in [2.75, 3.05) is 37.7 Å². The average molecular weight is 474 g/mol. The number of rotatable bonds is 4. The third-order valence-electron chi connectivity index (χ3n) is 7.94. The summed E-state index contributed by atoms with van der Waals surface area (Å²) in [5.41, 5.74) is 4.28. The molecule has 2 saturated heterocycles. The molecule has 182 valence electrons. The molecule has 0 N–H and O–H groups in total. The lowest BCUT2D eigenvalue weighted by molar-refractivity contribution is -0.136. The zero-order valence-corrected chi connectivity index (χ0v) is 19.9. The Bertz CT molecular complexity index is 1170. The lowest BCUT2D eigenvalue weighted by atomic mass is 9.93. The van der Waals surface area contributed by atoms with Gasteiger partial charge in [0.2, 0.25) is 5.91 Å². The Morgan fingerprint density at radius 3 is 2.63 bits per heavy atom. The van der Waals surface area contributed by atoms with Crippen LogP contribution in [0.4, 0.5) is 5.69 Å². The maximum absolute atomic E-state index is 13.5. The maximum Gasteiger partial charge on any atom is 0.263 e. The minimum atomic E-state index is -0.239. The highest BCUT2D eigenvalue weighted by molar-refractivity contribution is 6.23. The monoisotopic (exact) mass is 473 g/mol. The topological polar surface area (TPSA) is 70.2 Å². The molecule has 4 aliphatic heterocycles. The fraction of sp³-hybridized carbons (Fsp3) is 0.464. The molecule has 0 bridgehead atoms. The minimum Gasteiger partial charge on any atom is -0.376 e. The molecule has 0 radical (unpaired) electrons. The van der Waals surface area contributed by atoms with E-state index in [4.69, 9.17) is 4.74 Å². The van der Waals surface area contributed by atoms with Gasteiger partial charge in [0.05, 0.1) is 35.4 Å². The number of imide groups is 1. The van der Waals surface area contributed by atoms with Crippen molar-refractivity contribution in [2.45, 2.75) is 44.8 Å². The highest BCUT2D eigenvalue weighted by Crippen LogP contribution is 2.35. The molecule has 4 aliphatic rings. The first-order valence-corrected chi connectivity index (χ1v) is 12.8. The zero-order chi connectivity index (χ0) is 23.9. The fourth-order valence-electron chi connectivity index (χ4n) is 6.08. The molecule has 35 heavy (non-hydrogen) atoms. The van der Waals surface area contributed by atoms with Crippen molar-refractivity contribution in [3.05, 3.63) is 64.7 Å². The molecule has 2 aromatic carbocycles. The van der Waals surface area contributed by atoms with Crippen LogP contribution in [0.15, 0.2) is 42.5 Å². The minimum absolute atomic E-state index is 0.0766. The van der Waals surface area contributed by atoms with Gasteiger partial charge in [-0.25, -0.2) is 0 Å². The third-order valence-corrected chi connectivity index (χ3v) is 7.94. The highest BCUT2D eigenvalue weighted by atomic mass is 16.5. The van der Waals surface area contributed by atoms with Crippen molar-refractivity contribution < 1.29 is 19.1 Å². The molecule has 0 aliphatic carbocycles. The molecule has 7 heteroatoms. The van der Waals surface area contributed by atoms with Gasteiger partial charge in [-0.2, -0.15) is 0 Å². The number of carbonyl (C=O) groups is 3. The molecule has 2 fully saturated rings. The Labute approximate surface area is 205 Å². The van der Waals surface area contributed by atoms with E-state index in [1.54, 1.807) is 6.07 Å². The smallest absolute Gasteiger partial charge is 0.263 e.